The van der Waals surface area contributed by atoms with Gasteiger partial charge in [-0.05, 0) is 69.0 Å². The number of piperidine rings is 1. The van der Waals surface area contributed by atoms with Gasteiger partial charge in [-0.2, -0.15) is 0 Å². The van der Waals surface area contributed by atoms with Crippen LogP contribution < -0.4 is 15.1 Å². The number of piperazine rings is 1. The second-order valence-electron chi connectivity index (χ2n) is 10.1. The molecule has 1 amide bonds. The summed E-state index contributed by atoms with van der Waals surface area (Å²) in [5.41, 5.74) is 4.26. The average molecular weight is 510 g/mol. The van der Waals surface area contributed by atoms with Crippen molar-refractivity contribution >= 4 is 38.3 Å². The fraction of sp³-hybridized carbons (Fsp3) is 0.500. The molecule has 0 radical (unpaired) electrons. The summed E-state index contributed by atoms with van der Waals surface area (Å²) in [4.78, 5) is 24.6. The molecule has 0 spiro atoms. The summed E-state index contributed by atoms with van der Waals surface area (Å²) in [6.45, 7) is 11.1. The van der Waals surface area contributed by atoms with Gasteiger partial charge in [0, 0.05) is 45.8 Å². The van der Waals surface area contributed by atoms with Crippen LogP contribution in [0.15, 0.2) is 36.4 Å². The van der Waals surface area contributed by atoms with E-state index in [1.165, 1.54) is 21.9 Å². The highest BCUT2D eigenvalue weighted by Crippen LogP contribution is 2.33. The molecule has 2 aromatic carbocycles. The predicted octanol–water partition coefficient (Wildman–Crippen LogP) is 4.60. The Hall–Kier alpha value is -2.71. The van der Waals surface area contributed by atoms with Gasteiger partial charge in [-0.3, -0.25) is 9.69 Å². The summed E-state index contributed by atoms with van der Waals surface area (Å²) in [6.07, 6.45) is 2.88. The molecule has 192 valence electrons. The zero-order valence-corrected chi connectivity index (χ0v) is 22.1. The smallest absolute Gasteiger partial charge is 0.224 e. The molecule has 1 N–H and O–H groups in total. The number of rotatable bonds is 7. The highest BCUT2D eigenvalue weighted by molar-refractivity contribution is 7.22. The minimum absolute atomic E-state index is 0.0120. The number of carbonyl (C=O) groups excluding carboxylic acids is 1. The Balaban J connectivity index is 1.06. The normalized spacial score (nSPS) is 19.1. The van der Waals surface area contributed by atoms with Crippen LogP contribution in [-0.2, 0) is 4.79 Å². The number of hydrogen-bond donors (Lipinski definition) is 1. The van der Waals surface area contributed by atoms with Crippen molar-refractivity contribution in [2.24, 2.45) is 5.92 Å². The number of benzene rings is 2. The van der Waals surface area contributed by atoms with Gasteiger partial charge in [-0.15, -0.1) is 0 Å². The third kappa shape index (κ3) is 5.65. The number of para-hydroxylation sites is 1. The van der Waals surface area contributed by atoms with E-state index in [1.807, 2.05) is 12.1 Å². The third-order valence-corrected chi connectivity index (χ3v) is 8.46. The Kier molecular flexibility index (Phi) is 7.72. The van der Waals surface area contributed by atoms with Gasteiger partial charge in [0.25, 0.3) is 0 Å². The van der Waals surface area contributed by atoms with Crippen LogP contribution in [0.25, 0.3) is 10.2 Å². The molecule has 0 bridgehead atoms. The second-order valence-corrected chi connectivity index (χ2v) is 11.1. The van der Waals surface area contributed by atoms with E-state index in [1.54, 1.807) is 17.4 Å². The highest BCUT2D eigenvalue weighted by Gasteiger charge is 2.27. The van der Waals surface area contributed by atoms with Crippen LogP contribution in [0.4, 0.5) is 15.2 Å². The van der Waals surface area contributed by atoms with Crippen molar-refractivity contribution in [3.63, 3.8) is 0 Å². The van der Waals surface area contributed by atoms with Gasteiger partial charge in [-0.1, -0.05) is 29.5 Å². The maximum Gasteiger partial charge on any atom is 0.224 e. The SMILES string of the molecule is Cc1cc(C)c2nc(N3CCC[C@H](C(=O)NCCCN4CCN(c5ccccc5F)CC4)C3)sc2c1. The molecule has 36 heavy (non-hydrogen) atoms. The summed E-state index contributed by atoms with van der Waals surface area (Å²) in [5, 5.41) is 4.21. The Labute approximate surface area is 217 Å². The number of nitrogens with zero attached hydrogens (tertiary/aromatic N) is 4. The first kappa shape index (κ1) is 25.0. The summed E-state index contributed by atoms with van der Waals surface area (Å²) in [6, 6.07) is 11.4. The standard InChI is InChI=1S/C28H36FN5OS/c1-20-17-21(2)26-25(18-20)36-28(31-26)34-12-5-7-22(19-34)27(35)30-10-6-11-32-13-15-33(16-14-32)24-9-4-3-8-23(24)29/h3-4,8-9,17-18,22H,5-7,10-16,19H2,1-2H3,(H,30,35)/t22-/m0/s1. The van der Waals surface area contributed by atoms with Crippen LogP contribution >= 0.6 is 11.3 Å². The van der Waals surface area contributed by atoms with E-state index in [0.717, 1.165) is 75.7 Å². The molecule has 2 fully saturated rings. The molecule has 0 aliphatic carbocycles. The lowest BCUT2D eigenvalue weighted by Gasteiger charge is -2.36. The van der Waals surface area contributed by atoms with Crippen molar-refractivity contribution in [2.75, 3.05) is 62.2 Å². The lowest BCUT2D eigenvalue weighted by atomic mass is 9.97. The molecule has 3 aromatic rings. The number of amides is 1. The minimum Gasteiger partial charge on any atom is -0.367 e. The van der Waals surface area contributed by atoms with E-state index in [0.29, 0.717) is 12.2 Å². The maximum atomic E-state index is 14.0. The monoisotopic (exact) mass is 509 g/mol. The Morgan fingerprint density at radius 1 is 1.11 bits per heavy atom. The highest BCUT2D eigenvalue weighted by atomic mass is 32.1. The number of aryl methyl sites for hydroxylation is 2. The van der Waals surface area contributed by atoms with E-state index in [9.17, 15) is 9.18 Å². The van der Waals surface area contributed by atoms with Crippen molar-refractivity contribution in [1.29, 1.82) is 0 Å². The molecular formula is C28H36FN5OS. The third-order valence-electron chi connectivity index (χ3n) is 7.40. The second kappa shape index (κ2) is 11.1. The number of fused-ring (bicyclic) bond motifs is 1. The van der Waals surface area contributed by atoms with Crippen LogP contribution in [0.2, 0.25) is 0 Å². The molecule has 2 aliphatic rings. The quantitative estimate of drug-likeness (QED) is 0.472. The van der Waals surface area contributed by atoms with Gasteiger partial charge in [0.05, 0.1) is 21.8 Å². The van der Waals surface area contributed by atoms with Crippen LogP contribution in [0.1, 0.15) is 30.4 Å². The van der Waals surface area contributed by atoms with Gasteiger partial charge in [0.2, 0.25) is 5.91 Å². The summed E-state index contributed by atoms with van der Waals surface area (Å²) < 4.78 is 15.3. The minimum atomic E-state index is -0.150. The van der Waals surface area contributed by atoms with E-state index >= 15 is 0 Å². The van der Waals surface area contributed by atoms with Crippen molar-refractivity contribution < 1.29 is 9.18 Å². The van der Waals surface area contributed by atoms with Crippen molar-refractivity contribution in [3.8, 4) is 0 Å². The lowest BCUT2D eigenvalue weighted by Crippen LogP contribution is -2.47. The molecular weight excluding hydrogens is 473 g/mol. The number of carbonyl (C=O) groups is 1. The predicted molar refractivity (Wildman–Crippen MR) is 147 cm³/mol. The number of halogens is 1. The number of anilines is 2. The average Bonchev–Trinajstić information content (AvgIpc) is 3.32. The Morgan fingerprint density at radius 2 is 1.92 bits per heavy atom. The fourth-order valence-electron chi connectivity index (χ4n) is 5.44. The lowest BCUT2D eigenvalue weighted by molar-refractivity contribution is -0.125. The van der Waals surface area contributed by atoms with Gasteiger partial charge in [0.1, 0.15) is 5.82 Å². The van der Waals surface area contributed by atoms with E-state index < -0.39 is 0 Å². The zero-order chi connectivity index (χ0) is 25.1. The first-order valence-corrected chi connectivity index (χ1v) is 13.9. The van der Waals surface area contributed by atoms with Crippen LogP contribution in [0.5, 0.6) is 0 Å². The Bertz CT molecular complexity index is 1210. The topological polar surface area (TPSA) is 51.7 Å². The molecule has 8 heteroatoms. The molecule has 3 heterocycles. The van der Waals surface area contributed by atoms with E-state index in [4.69, 9.17) is 4.98 Å². The van der Waals surface area contributed by atoms with E-state index in [-0.39, 0.29) is 17.6 Å². The summed E-state index contributed by atoms with van der Waals surface area (Å²) >= 11 is 1.74. The summed E-state index contributed by atoms with van der Waals surface area (Å²) in [7, 11) is 0. The first-order valence-electron chi connectivity index (χ1n) is 13.1. The van der Waals surface area contributed by atoms with Crippen molar-refractivity contribution in [2.45, 2.75) is 33.1 Å². The van der Waals surface area contributed by atoms with Crippen LogP contribution in [0.3, 0.4) is 0 Å². The van der Waals surface area contributed by atoms with Crippen molar-refractivity contribution in [1.82, 2.24) is 15.2 Å². The fourth-order valence-corrected chi connectivity index (χ4v) is 6.61. The summed E-state index contributed by atoms with van der Waals surface area (Å²) in [5.74, 6) is 0.0263. The van der Waals surface area contributed by atoms with Crippen molar-refractivity contribution in [3.05, 3.63) is 53.3 Å². The maximum absolute atomic E-state index is 14.0. The molecule has 2 aliphatic heterocycles. The number of thiazole rings is 1. The number of nitrogens with one attached hydrogen (secondary N) is 1. The first-order chi connectivity index (χ1) is 17.5. The largest absolute Gasteiger partial charge is 0.367 e. The molecule has 0 unspecified atom stereocenters. The van der Waals surface area contributed by atoms with Gasteiger partial charge in [-0.25, -0.2) is 9.37 Å². The zero-order valence-electron chi connectivity index (χ0n) is 21.3. The van der Waals surface area contributed by atoms with E-state index in [2.05, 4.69) is 46.0 Å². The van der Waals surface area contributed by atoms with Crippen LogP contribution in [0, 0.1) is 25.6 Å². The molecule has 6 nitrogen and oxygen atoms in total. The molecule has 1 atom stereocenters. The molecule has 2 saturated heterocycles. The molecule has 0 saturated carbocycles. The van der Waals surface area contributed by atoms with Gasteiger partial charge < -0.3 is 15.1 Å². The molecule has 5 rings (SSSR count). The van der Waals surface area contributed by atoms with Gasteiger partial charge in [0.15, 0.2) is 5.13 Å². The number of aromatic nitrogens is 1. The number of hydrogen-bond acceptors (Lipinski definition) is 6. The molecule has 1 aromatic heterocycles. The van der Waals surface area contributed by atoms with Crippen LogP contribution in [-0.4, -0.2) is 68.1 Å². The van der Waals surface area contributed by atoms with Gasteiger partial charge >= 0.3 is 0 Å². The Morgan fingerprint density at radius 3 is 2.72 bits per heavy atom.